The number of halogens is 1. The van der Waals surface area contributed by atoms with Crippen LogP contribution >= 0.6 is 0 Å². The third kappa shape index (κ3) is 2.45. The van der Waals surface area contributed by atoms with Crippen molar-refractivity contribution < 1.29 is 13.9 Å². The van der Waals surface area contributed by atoms with E-state index < -0.39 is 6.17 Å². The average Bonchev–Trinajstić information content (AvgIpc) is 2.21. The molecule has 0 amide bonds. The second-order valence-corrected chi connectivity index (χ2v) is 4.51. The lowest BCUT2D eigenvalue weighted by atomic mass is 9.80. The maximum Gasteiger partial charge on any atom is 0.154 e. The SMILES string of the molecule is CC1OCC(C2CCC(F)CC2)CO1. The number of hydrogen-bond acceptors (Lipinski definition) is 2. The molecule has 1 aliphatic carbocycles. The van der Waals surface area contributed by atoms with Crippen LogP contribution in [0.15, 0.2) is 0 Å². The maximum atomic E-state index is 12.9. The lowest BCUT2D eigenvalue weighted by molar-refractivity contribution is -0.200. The van der Waals surface area contributed by atoms with Crippen molar-refractivity contribution in [3.8, 4) is 0 Å². The summed E-state index contributed by atoms with van der Waals surface area (Å²) in [4.78, 5) is 0. The van der Waals surface area contributed by atoms with Gasteiger partial charge in [0.2, 0.25) is 0 Å². The predicted molar refractivity (Wildman–Crippen MR) is 51.7 cm³/mol. The monoisotopic (exact) mass is 202 g/mol. The molecule has 1 aliphatic heterocycles. The fourth-order valence-electron chi connectivity index (χ4n) is 2.44. The molecule has 0 aromatic heterocycles. The molecule has 14 heavy (non-hydrogen) atoms. The molecule has 0 aromatic rings. The van der Waals surface area contributed by atoms with Gasteiger partial charge in [-0.1, -0.05) is 0 Å². The van der Waals surface area contributed by atoms with E-state index in [1.807, 2.05) is 6.92 Å². The van der Waals surface area contributed by atoms with Crippen LogP contribution in [0.1, 0.15) is 32.6 Å². The second kappa shape index (κ2) is 4.58. The molecule has 1 saturated carbocycles. The summed E-state index contributed by atoms with van der Waals surface area (Å²) < 4.78 is 23.8. The van der Waals surface area contributed by atoms with Crippen molar-refractivity contribution in [3.63, 3.8) is 0 Å². The summed E-state index contributed by atoms with van der Waals surface area (Å²) in [6.07, 6.45) is 2.87. The van der Waals surface area contributed by atoms with Crippen LogP contribution in [-0.2, 0) is 9.47 Å². The Hall–Kier alpha value is -0.150. The molecule has 0 radical (unpaired) electrons. The molecule has 1 saturated heterocycles. The van der Waals surface area contributed by atoms with Crippen molar-refractivity contribution in [1.82, 2.24) is 0 Å². The minimum atomic E-state index is -0.560. The molecule has 2 nitrogen and oxygen atoms in total. The second-order valence-electron chi connectivity index (χ2n) is 4.51. The molecule has 3 heteroatoms. The Balaban J connectivity index is 1.78. The number of rotatable bonds is 1. The highest BCUT2D eigenvalue weighted by Gasteiger charge is 2.30. The van der Waals surface area contributed by atoms with Crippen LogP contribution in [0.25, 0.3) is 0 Å². The first-order valence-corrected chi connectivity index (χ1v) is 5.63. The standard InChI is InChI=1S/C11H19FO2/c1-8-13-6-10(7-14-8)9-2-4-11(12)5-3-9/h8-11H,2-7H2,1H3. The zero-order chi connectivity index (χ0) is 9.97. The van der Waals surface area contributed by atoms with Crippen LogP contribution in [0.2, 0.25) is 0 Å². The molecule has 0 unspecified atom stereocenters. The van der Waals surface area contributed by atoms with Crippen molar-refractivity contribution in [2.45, 2.75) is 45.1 Å². The van der Waals surface area contributed by atoms with Crippen LogP contribution in [0, 0.1) is 11.8 Å². The Morgan fingerprint density at radius 3 is 2.07 bits per heavy atom. The summed E-state index contributed by atoms with van der Waals surface area (Å²) in [6, 6.07) is 0. The van der Waals surface area contributed by atoms with E-state index in [1.165, 1.54) is 0 Å². The molecule has 0 N–H and O–H groups in total. The van der Waals surface area contributed by atoms with E-state index in [4.69, 9.17) is 9.47 Å². The predicted octanol–water partition coefficient (Wildman–Crippen LogP) is 2.52. The van der Waals surface area contributed by atoms with Gasteiger partial charge in [0.1, 0.15) is 6.17 Å². The van der Waals surface area contributed by atoms with E-state index in [0.29, 0.717) is 11.8 Å². The smallest absolute Gasteiger partial charge is 0.154 e. The quantitative estimate of drug-likeness (QED) is 0.650. The van der Waals surface area contributed by atoms with E-state index in [2.05, 4.69) is 0 Å². The van der Waals surface area contributed by atoms with Crippen LogP contribution in [0.5, 0.6) is 0 Å². The number of ether oxygens (including phenoxy) is 2. The minimum absolute atomic E-state index is 0.0521. The van der Waals surface area contributed by atoms with Gasteiger partial charge in [0, 0.05) is 5.92 Å². The molecule has 2 aliphatic rings. The highest BCUT2D eigenvalue weighted by molar-refractivity contribution is 4.78. The molecule has 0 spiro atoms. The summed E-state index contributed by atoms with van der Waals surface area (Å²) in [5.74, 6) is 1.12. The van der Waals surface area contributed by atoms with Crippen molar-refractivity contribution in [3.05, 3.63) is 0 Å². The van der Waals surface area contributed by atoms with Gasteiger partial charge in [0.05, 0.1) is 13.2 Å². The molecule has 0 atom stereocenters. The van der Waals surface area contributed by atoms with Crippen molar-refractivity contribution in [1.29, 1.82) is 0 Å². The zero-order valence-electron chi connectivity index (χ0n) is 8.75. The molecule has 2 rings (SSSR count). The lowest BCUT2D eigenvalue weighted by Gasteiger charge is -2.35. The van der Waals surface area contributed by atoms with Crippen LogP contribution in [-0.4, -0.2) is 25.7 Å². The molecule has 2 fully saturated rings. The summed E-state index contributed by atoms with van der Waals surface area (Å²) >= 11 is 0. The molecule has 1 heterocycles. The van der Waals surface area contributed by atoms with Crippen molar-refractivity contribution >= 4 is 0 Å². The van der Waals surface area contributed by atoms with Crippen molar-refractivity contribution in [2.24, 2.45) is 11.8 Å². The maximum absolute atomic E-state index is 12.9. The lowest BCUT2D eigenvalue weighted by Crippen LogP contribution is -2.36. The Labute approximate surface area is 84.8 Å². The Bertz CT molecular complexity index is 150. The topological polar surface area (TPSA) is 18.5 Å². The first kappa shape index (κ1) is 10.4. The van der Waals surface area contributed by atoms with Crippen LogP contribution < -0.4 is 0 Å². The van der Waals surface area contributed by atoms with Crippen molar-refractivity contribution in [2.75, 3.05) is 13.2 Å². The molecular weight excluding hydrogens is 183 g/mol. The summed E-state index contributed by atoms with van der Waals surface area (Å²) in [7, 11) is 0. The average molecular weight is 202 g/mol. The molecular formula is C11H19FO2. The van der Waals surface area contributed by atoms with Gasteiger partial charge < -0.3 is 9.47 Å². The van der Waals surface area contributed by atoms with Gasteiger partial charge in [0.15, 0.2) is 6.29 Å². The van der Waals surface area contributed by atoms with Gasteiger partial charge in [-0.2, -0.15) is 0 Å². The van der Waals surface area contributed by atoms with Gasteiger partial charge in [-0.3, -0.25) is 0 Å². The largest absolute Gasteiger partial charge is 0.353 e. The highest BCUT2D eigenvalue weighted by Crippen LogP contribution is 2.33. The Morgan fingerprint density at radius 2 is 1.50 bits per heavy atom. The van der Waals surface area contributed by atoms with E-state index >= 15 is 0 Å². The third-order valence-corrected chi connectivity index (χ3v) is 3.46. The third-order valence-electron chi connectivity index (χ3n) is 3.46. The summed E-state index contributed by atoms with van der Waals surface area (Å²) in [5, 5.41) is 0. The minimum Gasteiger partial charge on any atom is -0.353 e. The fourth-order valence-corrected chi connectivity index (χ4v) is 2.44. The summed E-state index contributed by atoms with van der Waals surface area (Å²) in [5.41, 5.74) is 0. The zero-order valence-corrected chi connectivity index (χ0v) is 8.75. The molecule has 0 aromatic carbocycles. The Morgan fingerprint density at radius 1 is 0.929 bits per heavy atom. The van der Waals surface area contributed by atoms with E-state index in [-0.39, 0.29) is 6.29 Å². The summed E-state index contributed by atoms with van der Waals surface area (Å²) in [6.45, 7) is 3.51. The first-order chi connectivity index (χ1) is 6.75. The highest BCUT2D eigenvalue weighted by atomic mass is 19.1. The normalized spacial score (nSPS) is 45.0. The van der Waals surface area contributed by atoms with E-state index in [0.717, 1.165) is 38.9 Å². The number of hydrogen-bond donors (Lipinski definition) is 0. The van der Waals surface area contributed by atoms with Crippen LogP contribution in [0.4, 0.5) is 4.39 Å². The first-order valence-electron chi connectivity index (χ1n) is 5.63. The van der Waals surface area contributed by atoms with Crippen LogP contribution in [0.3, 0.4) is 0 Å². The van der Waals surface area contributed by atoms with E-state index in [9.17, 15) is 4.39 Å². The molecule has 0 bridgehead atoms. The van der Waals surface area contributed by atoms with Gasteiger partial charge >= 0.3 is 0 Å². The van der Waals surface area contributed by atoms with Gasteiger partial charge in [-0.25, -0.2) is 4.39 Å². The van der Waals surface area contributed by atoms with Gasteiger partial charge in [-0.05, 0) is 38.5 Å². The van der Waals surface area contributed by atoms with E-state index in [1.54, 1.807) is 0 Å². The fraction of sp³-hybridized carbons (Fsp3) is 1.00. The Kier molecular flexibility index (Phi) is 3.39. The molecule has 82 valence electrons. The van der Waals surface area contributed by atoms with Gasteiger partial charge in [0.25, 0.3) is 0 Å². The number of alkyl halides is 1. The van der Waals surface area contributed by atoms with Gasteiger partial charge in [-0.15, -0.1) is 0 Å².